The van der Waals surface area contributed by atoms with Crippen molar-refractivity contribution < 1.29 is 24.2 Å². The molecule has 2 aromatic rings. The third-order valence-corrected chi connectivity index (χ3v) is 7.06. The van der Waals surface area contributed by atoms with Gasteiger partial charge in [-0.15, -0.1) is 0 Å². The topological polar surface area (TPSA) is 105 Å². The second-order valence-electron chi connectivity index (χ2n) is 9.16. The Morgan fingerprint density at radius 2 is 1.68 bits per heavy atom. The minimum absolute atomic E-state index is 0.00223. The van der Waals surface area contributed by atoms with Gasteiger partial charge in [0, 0.05) is 24.4 Å². The second kappa shape index (κ2) is 10.7. The molecular weight excluding hydrogens is 432 g/mol. The molecule has 180 valence electrons. The Balaban J connectivity index is 1.26. The van der Waals surface area contributed by atoms with E-state index in [2.05, 4.69) is 34.9 Å². The predicted octanol–water partition coefficient (Wildman–Crippen LogP) is 4.45. The summed E-state index contributed by atoms with van der Waals surface area (Å²) in [5.41, 5.74) is 4.67. The summed E-state index contributed by atoms with van der Waals surface area (Å²) in [5, 5.41) is 15.0. The number of carboxylic acid groups (broad SMARTS) is 1. The van der Waals surface area contributed by atoms with Crippen molar-refractivity contribution in [3.63, 3.8) is 0 Å². The number of fused-ring (bicyclic) bond motifs is 3. The van der Waals surface area contributed by atoms with E-state index in [4.69, 9.17) is 4.74 Å². The minimum atomic E-state index is -0.855. The first kappa shape index (κ1) is 23.8. The number of aliphatic carboxylic acids is 1. The number of amides is 2. The summed E-state index contributed by atoms with van der Waals surface area (Å²) in [6.07, 6.45) is 2.97. The van der Waals surface area contributed by atoms with E-state index >= 15 is 0 Å². The highest BCUT2D eigenvalue weighted by Crippen LogP contribution is 2.44. The van der Waals surface area contributed by atoms with Gasteiger partial charge in [-0.2, -0.15) is 0 Å². The average molecular weight is 465 g/mol. The molecule has 2 amide bonds. The summed E-state index contributed by atoms with van der Waals surface area (Å²) in [6, 6.07) is 15.9. The Bertz CT molecular complexity index is 1010. The maximum atomic E-state index is 12.5. The predicted molar refractivity (Wildman–Crippen MR) is 128 cm³/mol. The first-order valence-corrected chi connectivity index (χ1v) is 12.1. The number of benzene rings is 2. The standard InChI is InChI=1S/C27H32N2O5/c1-2-17(14-15-25(30)29-24-13-7-12-22(24)26(31)32)28-27(33)34-16-23-20-10-5-3-8-18(20)19-9-4-6-11-21(19)23/h3-6,8-11,17,22-24H,2,7,12-16H2,1H3,(H,28,33)(H,29,30)(H,31,32)/t17?,22-,24+/m1/s1. The Hall–Kier alpha value is -3.35. The van der Waals surface area contributed by atoms with Crippen LogP contribution in [0.2, 0.25) is 0 Å². The quantitative estimate of drug-likeness (QED) is 0.508. The van der Waals surface area contributed by atoms with Crippen LogP contribution in [-0.2, 0) is 14.3 Å². The smallest absolute Gasteiger partial charge is 0.407 e. The van der Waals surface area contributed by atoms with Gasteiger partial charge in [0.1, 0.15) is 6.61 Å². The number of rotatable bonds is 9. The monoisotopic (exact) mass is 464 g/mol. The van der Waals surface area contributed by atoms with Gasteiger partial charge >= 0.3 is 12.1 Å². The van der Waals surface area contributed by atoms with Crippen LogP contribution >= 0.6 is 0 Å². The van der Waals surface area contributed by atoms with E-state index in [0.717, 1.165) is 17.5 Å². The molecule has 1 fully saturated rings. The van der Waals surface area contributed by atoms with Gasteiger partial charge in [-0.1, -0.05) is 61.9 Å². The molecule has 0 heterocycles. The average Bonchev–Trinajstić information content (AvgIpc) is 3.43. The van der Waals surface area contributed by atoms with Crippen molar-refractivity contribution in [2.45, 2.75) is 63.5 Å². The number of carbonyl (C=O) groups excluding carboxylic acids is 2. The zero-order chi connectivity index (χ0) is 24.1. The van der Waals surface area contributed by atoms with E-state index < -0.39 is 18.0 Å². The molecule has 0 radical (unpaired) electrons. The Kier molecular flexibility index (Phi) is 7.50. The molecule has 7 nitrogen and oxygen atoms in total. The van der Waals surface area contributed by atoms with Gasteiger partial charge in [0.25, 0.3) is 0 Å². The summed E-state index contributed by atoms with van der Waals surface area (Å²) >= 11 is 0. The molecule has 34 heavy (non-hydrogen) atoms. The lowest BCUT2D eigenvalue weighted by Gasteiger charge is -2.20. The number of carboxylic acids is 1. The van der Waals surface area contributed by atoms with Crippen molar-refractivity contribution in [1.82, 2.24) is 10.6 Å². The number of ether oxygens (including phenoxy) is 1. The van der Waals surface area contributed by atoms with Gasteiger partial charge in [0.15, 0.2) is 0 Å². The van der Waals surface area contributed by atoms with Crippen LogP contribution in [-0.4, -0.2) is 41.8 Å². The van der Waals surface area contributed by atoms with Crippen LogP contribution in [0, 0.1) is 5.92 Å². The van der Waals surface area contributed by atoms with E-state index in [0.29, 0.717) is 25.7 Å². The van der Waals surface area contributed by atoms with E-state index in [1.165, 1.54) is 11.1 Å². The lowest BCUT2D eigenvalue weighted by atomic mass is 9.98. The SMILES string of the molecule is CCC(CCC(=O)N[C@H]1CCC[C@H]1C(=O)O)NC(=O)OCC1c2ccccc2-c2ccccc21. The van der Waals surface area contributed by atoms with Crippen LogP contribution in [0.25, 0.3) is 11.1 Å². The molecule has 2 aliphatic carbocycles. The first-order chi connectivity index (χ1) is 16.5. The summed E-state index contributed by atoms with van der Waals surface area (Å²) in [4.78, 5) is 36.2. The lowest BCUT2D eigenvalue weighted by Crippen LogP contribution is -2.41. The van der Waals surface area contributed by atoms with Gasteiger partial charge in [0.2, 0.25) is 5.91 Å². The normalized spacial score (nSPS) is 19.7. The van der Waals surface area contributed by atoms with Gasteiger partial charge in [-0.05, 0) is 47.9 Å². The molecule has 0 spiro atoms. The van der Waals surface area contributed by atoms with Crippen molar-refractivity contribution in [1.29, 1.82) is 0 Å². The minimum Gasteiger partial charge on any atom is -0.481 e. The number of nitrogens with one attached hydrogen (secondary N) is 2. The lowest BCUT2D eigenvalue weighted by molar-refractivity contribution is -0.142. The Morgan fingerprint density at radius 1 is 1.03 bits per heavy atom. The molecule has 3 atom stereocenters. The van der Waals surface area contributed by atoms with E-state index in [9.17, 15) is 19.5 Å². The summed E-state index contributed by atoms with van der Waals surface area (Å²) < 4.78 is 5.61. The molecule has 2 aliphatic rings. The molecule has 4 rings (SSSR count). The maximum absolute atomic E-state index is 12.5. The van der Waals surface area contributed by atoms with Crippen LogP contribution in [0.1, 0.15) is 62.5 Å². The molecule has 1 unspecified atom stereocenters. The zero-order valence-electron chi connectivity index (χ0n) is 19.5. The molecule has 2 aromatic carbocycles. The second-order valence-corrected chi connectivity index (χ2v) is 9.16. The fourth-order valence-electron chi connectivity index (χ4n) is 5.20. The molecule has 3 N–H and O–H groups in total. The molecule has 0 aliphatic heterocycles. The van der Waals surface area contributed by atoms with Crippen LogP contribution in [0.5, 0.6) is 0 Å². The van der Waals surface area contributed by atoms with Gasteiger partial charge in [0.05, 0.1) is 5.92 Å². The number of hydrogen-bond acceptors (Lipinski definition) is 4. The molecule has 7 heteroatoms. The molecule has 0 bridgehead atoms. The first-order valence-electron chi connectivity index (χ1n) is 12.1. The van der Waals surface area contributed by atoms with E-state index in [1.807, 2.05) is 31.2 Å². The van der Waals surface area contributed by atoms with Crippen molar-refractivity contribution >= 4 is 18.0 Å². The summed E-state index contributed by atoms with van der Waals surface area (Å²) in [6.45, 7) is 2.19. The largest absolute Gasteiger partial charge is 0.481 e. The molecule has 0 saturated heterocycles. The Labute approximate surface area is 199 Å². The Morgan fingerprint density at radius 3 is 2.29 bits per heavy atom. The van der Waals surface area contributed by atoms with Crippen LogP contribution < -0.4 is 10.6 Å². The number of carbonyl (C=O) groups is 3. The molecular formula is C27H32N2O5. The molecule has 0 aromatic heterocycles. The third kappa shape index (κ3) is 5.24. The zero-order valence-corrected chi connectivity index (χ0v) is 19.5. The van der Waals surface area contributed by atoms with Gasteiger partial charge in [-0.3, -0.25) is 9.59 Å². The van der Waals surface area contributed by atoms with Crippen LogP contribution in [0.4, 0.5) is 4.79 Å². The number of hydrogen-bond donors (Lipinski definition) is 3. The highest BCUT2D eigenvalue weighted by atomic mass is 16.5. The van der Waals surface area contributed by atoms with E-state index in [-0.39, 0.29) is 36.9 Å². The highest BCUT2D eigenvalue weighted by molar-refractivity contribution is 5.79. The maximum Gasteiger partial charge on any atom is 0.407 e. The van der Waals surface area contributed by atoms with E-state index in [1.54, 1.807) is 0 Å². The number of alkyl carbamates (subject to hydrolysis) is 1. The summed E-state index contributed by atoms with van der Waals surface area (Å²) in [5.74, 6) is -1.54. The van der Waals surface area contributed by atoms with Crippen molar-refractivity contribution in [3.05, 3.63) is 59.7 Å². The molecule has 1 saturated carbocycles. The third-order valence-electron chi connectivity index (χ3n) is 7.06. The summed E-state index contributed by atoms with van der Waals surface area (Å²) in [7, 11) is 0. The fourth-order valence-corrected chi connectivity index (χ4v) is 5.20. The highest BCUT2D eigenvalue weighted by Gasteiger charge is 2.34. The van der Waals surface area contributed by atoms with Gasteiger partial charge in [-0.25, -0.2) is 4.79 Å². The van der Waals surface area contributed by atoms with Crippen molar-refractivity contribution in [2.24, 2.45) is 5.92 Å². The van der Waals surface area contributed by atoms with Crippen LogP contribution in [0.15, 0.2) is 48.5 Å². The fraction of sp³-hybridized carbons (Fsp3) is 0.444. The van der Waals surface area contributed by atoms with Crippen LogP contribution in [0.3, 0.4) is 0 Å². The van der Waals surface area contributed by atoms with Crippen molar-refractivity contribution in [3.8, 4) is 11.1 Å². The van der Waals surface area contributed by atoms with Crippen molar-refractivity contribution in [2.75, 3.05) is 6.61 Å². The van der Waals surface area contributed by atoms with Gasteiger partial charge < -0.3 is 20.5 Å².